The normalized spacial score (nSPS) is 20.6. The number of likely N-dealkylation sites (tertiary alicyclic amines) is 1. The molecule has 1 fully saturated rings. The van der Waals surface area contributed by atoms with Gasteiger partial charge in [-0.25, -0.2) is 0 Å². The number of nitrogens with zero attached hydrogens (tertiary/aromatic N) is 1. The summed E-state index contributed by atoms with van der Waals surface area (Å²) in [7, 11) is 0. The van der Waals surface area contributed by atoms with Crippen LogP contribution in [-0.2, 0) is 4.79 Å². The quantitative estimate of drug-likeness (QED) is 0.768. The molecular weight excluding hydrogens is 250 g/mol. The average molecular weight is 278 g/mol. The lowest BCUT2D eigenvalue weighted by atomic mass is 9.95. The number of carbonyl (C=O) groups is 1. The highest BCUT2D eigenvalue weighted by atomic mass is 35.5. The Morgan fingerprint density at radius 1 is 1.50 bits per heavy atom. The zero-order valence-corrected chi connectivity index (χ0v) is 12.5. The maximum atomic E-state index is 11.7. The SMILES string of the molecule is CC(C)CNC(=O)CN1CCCC(CCN)C1.Cl. The van der Waals surface area contributed by atoms with E-state index in [9.17, 15) is 4.79 Å². The molecule has 3 N–H and O–H groups in total. The molecule has 0 aromatic rings. The Bertz CT molecular complexity index is 234. The summed E-state index contributed by atoms with van der Waals surface area (Å²) in [5, 5.41) is 2.97. The highest BCUT2D eigenvalue weighted by Crippen LogP contribution is 2.18. The van der Waals surface area contributed by atoms with Crippen molar-refractivity contribution in [2.24, 2.45) is 17.6 Å². The first-order valence-electron chi connectivity index (χ1n) is 6.81. The van der Waals surface area contributed by atoms with Crippen LogP contribution in [0.4, 0.5) is 0 Å². The van der Waals surface area contributed by atoms with E-state index in [2.05, 4.69) is 24.1 Å². The van der Waals surface area contributed by atoms with Gasteiger partial charge in [-0.05, 0) is 44.2 Å². The van der Waals surface area contributed by atoms with Crippen molar-refractivity contribution < 1.29 is 4.79 Å². The number of hydrogen-bond acceptors (Lipinski definition) is 3. The third-order valence-corrected chi connectivity index (χ3v) is 3.25. The average Bonchev–Trinajstić information content (AvgIpc) is 2.27. The van der Waals surface area contributed by atoms with Crippen LogP contribution in [0, 0.1) is 11.8 Å². The Hall–Kier alpha value is -0.320. The van der Waals surface area contributed by atoms with Crippen LogP contribution in [0.25, 0.3) is 0 Å². The van der Waals surface area contributed by atoms with Gasteiger partial charge in [0.05, 0.1) is 6.54 Å². The summed E-state index contributed by atoms with van der Waals surface area (Å²) in [4.78, 5) is 14.0. The maximum absolute atomic E-state index is 11.7. The fraction of sp³-hybridized carbons (Fsp3) is 0.923. The van der Waals surface area contributed by atoms with Crippen molar-refractivity contribution in [3.8, 4) is 0 Å². The molecule has 18 heavy (non-hydrogen) atoms. The maximum Gasteiger partial charge on any atom is 0.234 e. The van der Waals surface area contributed by atoms with Gasteiger partial charge < -0.3 is 11.1 Å². The molecule has 0 spiro atoms. The molecular formula is C13H28ClN3O. The van der Waals surface area contributed by atoms with Crippen LogP contribution in [0.15, 0.2) is 0 Å². The fourth-order valence-corrected chi connectivity index (χ4v) is 2.34. The van der Waals surface area contributed by atoms with Gasteiger partial charge in [0, 0.05) is 13.1 Å². The summed E-state index contributed by atoms with van der Waals surface area (Å²) in [5.74, 6) is 1.36. The van der Waals surface area contributed by atoms with Crippen molar-refractivity contribution in [3.63, 3.8) is 0 Å². The number of halogens is 1. The summed E-state index contributed by atoms with van der Waals surface area (Å²) < 4.78 is 0. The van der Waals surface area contributed by atoms with Gasteiger partial charge in [-0.1, -0.05) is 13.8 Å². The number of piperidine rings is 1. The second-order valence-corrected chi connectivity index (χ2v) is 5.52. The Kier molecular flexibility index (Phi) is 9.42. The van der Waals surface area contributed by atoms with Gasteiger partial charge in [0.25, 0.3) is 0 Å². The molecule has 1 unspecified atom stereocenters. The number of nitrogens with one attached hydrogen (secondary N) is 1. The molecule has 1 aliphatic heterocycles. The lowest BCUT2D eigenvalue weighted by molar-refractivity contribution is -0.122. The fourth-order valence-electron chi connectivity index (χ4n) is 2.34. The zero-order chi connectivity index (χ0) is 12.7. The van der Waals surface area contributed by atoms with Crippen LogP contribution in [0.5, 0.6) is 0 Å². The standard InChI is InChI=1S/C13H27N3O.ClH/c1-11(2)8-15-13(17)10-16-7-3-4-12(9-16)5-6-14;/h11-12H,3-10,14H2,1-2H3,(H,15,17);1H. The van der Waals surface area contributed by atoms with E-state index in [-0.39, 0.29) is 18.3 Å². The lowest BCUT2D eigenvalue weighted by Gasteiger charge is -2.32. The van der Waals surface area contributed by atoms with Crippen LogP contribution in [0.1, 0.15) is 33.1 Å². The third kappa shape index (κ3) is 7.19. The van der Waals surface area contributed by atoms with Gasteiger partial charge in [0.1, 0.15) is 0 Å². The van der Waals surface area contributed by atoms with E-state index in [0.29, 0.717) is 18.4 Å². The Morgan fingerprint density at radius 2 is 2.22 bits per heavy atom. The minimum atomic E-state index is 0. The molecule has 5 heteroatoms. The Balaban J connectivity index is 0.00000289. The zero-order valence-electron chi connectivity index (χ0n) is 11.7. The van der Waals surface area contributed by atoms with Crippen LogP contribution >= 0.6 is 12.4 Å². The Labute approximate surface area is 117 Å². The van der Waals surface area contributed by atoms with Gasteiger partial charge in [-0.15, -0.1) is 12.4 Å². The largest absolute Gasteiger partial charge is 0.355 e. The van der Waals surface area contributed by atoms with Crippen molar-refractivity contribution in [2.45, 2.75) is 33.1 Å². The van der Waals surface area contributed by atoms with Gasteiger partial charge in [-0.2, -0.15) is 0 Å². The van der Waals surface area contributed by atoms with Crippen molar-refractivity contribution in [2.75, 3.05) is 32.7 Å². The number of nitrogens with two attached hydrogens (primary N) is 1. The van der Waals surface area contributed by atoms with Crippen molar-refractivity contribution in [3.05, 3.63) is 0 Å². The second kappa shape index (κ2) is 9.59. The monoisotopic (exact) mass is 277 g/mol. The number of carbonyl (C=O) groups excluding carboxylic acids is 1. The molecule has 0 bridgehead atoms. The molecule has 1 heterocycles. The molecule has 1 saturated heterocycles. The van der Waals surface area contributed by atoms with Crippen molar-refractivity contribution in [1.29, 1.82) is 0 Å². The molecule has 108 valence electrons. The van der Waals surface area contributed by atoms with E-state index in [1.165, 1.54) is 12.8 Å². The first kappa shape index (κ1) is 17.7. The third-order valence-electron chi connectivity index (χ3n) is 3.25. The lowest BCUT2D eigenvalue weighted by Crippen LogP contribution is -2.43. The Morgan fingerprint density at radius 3 is 2.83 bits per heavy atom. The van der Waals surface area contributed by atoms with Crippen molar-refractivity contribution in [1.82, 2.24) is 10.2 Å². The molecule has 1 atom stereocenters. The smallest absolute Gasteiger partial charge is 0.234 e. The van der Waals surface area contributed by atoms with E-state index in [1.54, 1.807) is 0 Å². The molecule has 0 radical (unpaired) electrons. The molecule has 4 nitrogen and oxygen atoms in total. The van der Waals surface area contributed by atoms with Crippen LogP contribution in [0.3, 0.4) is 0 Å². The van der Waals surface area contributed by atoms with Crippen molar-refractivity contribution >= 4 is 18.3 Å². The van der Waals surface area contributed by atoms with Crippen LogP contribution in [-0.4, -0.2) is 43.5 Å². The molecule has 1 rings (SSSR count). The first-order chi connectivity index (χ1) is 8.11. The topological polar surface area (TPSA) is 58.4 Å². The summed E-state index contributed by atoms with van der Waals surface area (Å²) in [6, 6.07) is 0. The van der Waals surface area contributed by atoms with Gasteiger partial charge in [-0.3, -0.25) is 9.69 Å². The predicted molar refractivity (Wildman–Crippen MR) is 77.9 cm³/mol. The first-order valence-corrected chi connectivity index (χ1v) is 6.81. The summed E-state index contributed by atoms with van der Waals surface area (Å²) >= 11 is 0. The molecule has 0 saturated carbocycles. The van der Waals surface area contributed by atoms with E-state index in [4.69, 9.17) is 5.73 Å². The number of amides is 1. The highest BCUT2D eigenvalue weighted by Gasteiger charge is 2.20. The van der Waals surface area contributed by atoms with Gasteiger partial charge in [0.2, 0.25) is 5.91 Å². The van der Waals surface area contributed by atoms with Crippen LogP contribution in [0.2, 0.25) is 0 Å². The molecule has 1 aliphatic rings. The van der Waals surface area contributed by atoms with E-state index in [1.807, 2.05) is 0 Å². The molecule has 1 amide bonds. The number of rotatable bonds is 6. The van der Waals surface area contributed by atoms with Gasteiger partial charge in [0.15, 0.2) is 0 Å². The minimum Gasteiger partial charge on any atom is -0.355 e. The van der Waals surface area contributed by atoms with E-state index < -0.39 is 0 Å². The minimum absolute atomic E-state index is 0. The highest BCUT2D eigenvalue weighted by molar-refractivity contribution is 5.85. The molecule has 0 aliphatic carbocycles. The molecule has 0 aromatic carbocycles. The summed E-state index contributed by atoms with van der Waals surface area (Å²) in [5.41, 5.74) is 5.59. The number of hydrogen-bond donors (Lipinski definition) is 2. The summed E-state index contributed by atoms with van der Waals surface area (Å²) in [6.07, 6.45) is 3.55. The predicted octanol–water partition coefficient (Wildman–Crippen LogP) is 1.24. The summed E-state index contributed by atoms with van der Waals surface area (Å²) in [6.45, 7) is 8.39. The van der Waals surface area contributed by atoms with Gasteiger partial charge >= 0.3 is 0 Å². The molecule has 0 aromatic heterocycles. The van der Waals surface area contributed by atoms with Crippen LogP contribution < -0.4 is 11.1 Å². The van der Waals surface area contributed by atoms with E-state index >= 15 is 0 Å². The second-order valence-electron chi connectivity index (χ2n) is 5.52. The van der Waals surface area contributed by atoms with E-state index in [0.717, 1.165) is 32.6 Å².